The lowest BCUT2D eigenvalue weighted by molar-refractivity contribution is -0.0531. The van der Waals surface area contributed by atoms with Crippen molar-refractivity contribution in [2.45, 2.75) is 31.1 Å². The molecule has 106 valence electrons. The molecule has 3 N–H and O–H groups in total. The van der Waals surface area contributed by atoms with Gasteiger partial charge in [-0.2, -0.15) is 4.98 Å². The van der Waals surface area contributed by atoms with E-state index < -0.39 is 36.5 Å². The molecular weight excluding hydrogens is 284 g/mol. The minimum atomic E-state index is -2.42. The first-order chi connectivity index (χ1) is 8.78. The number of hydrogen-bond acceptors (Lipinski definition) is 5. The van der Waals surface area contributed by atoms with Crippen LogP contribution in [0.15, 0.2) is 11.0 Å². The molecule has 1 aromatic rings. The maximum absolute atomic E-state index is 14.1. The van der Waals surface area contributed by atoms with E-state index in [4.69, 9.17) is 27.2 Å². The molecule has 2 rings (SSSR count). The molecule has 1 fully saturated rings. The van der Waals surface area contributed by atoms with Crippen molar-refractivity contribution in [2.24, 2.45) is 0 Å². The first-order valence-electron chi connectivity index (χ1n) is 5.42. The summed E-state index contributed by atoms with van der Waals surface area (Å²) in [5, 5.41) is 8.89. The molecule has 6 nitrogen and oxygen atoms in total. The summed E-state index contributed by atoms with van der Waals surface area (Å²) in [5.74, 6) is -0.210. The van der Waals surface area contributed by atoms with Gasteiger partial charge in [-0.3, -0.25) is 4.57 Å². The summed E-state index contributed by atoms with van der Waals surface area (Å²) in [6, 6.07) is 0. The Morgan fingerprint density at radius 2 is 2.37 bits per heavy atom. The lowest BCUT2D eigenvalue weighted by Gasteiger charge is -2.20. The maximum atomic E-state index is 14.1. The molecule has 1 aliphatic heterocycles. The van der Waals surface area contributed by atoms with Crippen molar-refractivity contribution in [1.29, 1.82) is 0 Å². The highest BCUT2D eigenvalue weighted by atomic mass is 35.5. The monoisotopic (exact) mass is 295 g/mol. The molecule has 0 spiro atoms. The number of alkyl halides is 2. The van der Waals surface area contributed by atoms with Gasteiger partial charge in [-0.25, -0.2) is 13.6 Å². The van der Waals surface area contributed by atoms with Crippen molar-refractivity contribution < 1.29 is 18.6 Å². The Morgan fingerprint density at radius 1 is 1.74 bits per heavy atom. The predicted molar refractivity (Wildman–Crippen MR) is 63.3 cm³/mol. The summed E-state index contributed by atoms with van der Waals surface area (Å²) in [4.78, 5) is 15.0. The van der Waals surface area contributed by atoms with Gasteiger partial charge in [0.2, 0.25) is 0 Å². The number of aromatic nitrogens is 2. The SMILES string of the molecule is CC1(F)C(CO)OC(n2cc(Cl)c(N)nc2=O)C1F. The quantitative estimate of drug-likeness (QED) is 0.826. The number of aliphatic hydroxyl groups is 1. The summed E-state index contributed by atoms with van der Waals surface area (Å²) >= 11 is 5.68. The average Bonchev–Trinajstić information content (AvgIpc) is 2.56. The molecule has 0 amide bonds. The number of nitrogen functional groups attached to an aromatic ring is 1. The molecule has 0 bridgehead atoms. The molecule has 1 aliphatic rings. The van der Waals surface area contributed by atoms with Crippen molar-refractivity contribution in [3.8, 4) is 0 Å². The number of nitrogens with two attached hydrogens (primary N) is 1. The van der Waals surface area contributed by atoms with E-state index in [1.165, 1.54) is 0 Å². The van der Waals surface area contributed by atoms with E-state index in [-0.39, 0.29) is 10.8 Å². The summed E-state index contributed by atoms with van der Waals surface area (Å²) in [6.07, 6.45) is -4.05. The summed E-state index contributed by atoms with van der Waals surface area (Å²) in [7, 11) is 0. The van der Waals surface area contributed by atoms with Crippen LogP contribution >= 0.6 is 11.6 Å². The van der Waals surface area contributed by atoms with Gasteiger partial charge in [0, 0.05) is 6.20 Å². The van der Waals surface area contributed by atoms with Crippen LogP contribution in [0.3, 0.4) is 0 Å². The highest BCUT2D eigenvalue weighted by Crippen LogP contribution is 2.41. The molecule has 2 heterocycles. The van der Waals surface area contributed by atoms with Crippen LogP contribution < -0.4 is 11.4 Å². The summed E-state index contributed by atoms with van der Waals surface area (Å²) < 4.78 is 33.8. The van der Waals surface area contributed by atoms with Crippen molar-refractivity contribution >= 4 is 17.4 Å². The zero-order valence-corrected chi connectivity index (χ0v) is 10.6. The Kier molecular flexibility index (Phi) is 3.50. The lowest BCUT2D eigenvalue weighted by atomic mass is 9.98. The van der Waals surface area contributed by atoms with Gasteiger partial charge >= 0.3 is 5.69 Å². The Hall–Kier alpha value is -1.25. The normalized spacial score (nSPS) is 34.7. The van der Waals surface area contributed by atoms with Crippen molar-refractivity contribution in [3.05, 3.63) is 21.7 Å². The highest BCUT2D eigenvalue weighted by molar-refractivity contribution is 6.32. The zero-order chi connectivity index (χ0) is 14.4. The van der Waals surface area contributed by atoms with Gasteiger partial charge in [0.15, 0.2) is 18.1 Å². The number of ether oxygens (including phenoxy) is 1. The van der Waals surface area contributed by atoms with Gasteiger partial charge in [-0.05, 0) is 6.92 Å². The van der Waals surface area contributed by atoms with E-state index in [9.17, 15) is 13.6 Å². The van der Waals surface area contributed by atoms with E-state index in [1.54, 1.807) is 0 Å². The molecule has 4 unspecified atom stereocenters. The fourth-order valence-electron chi connectivity index (χ4n) is 1.89. The predicted octanol–water partition coefficient (Wildman–Crippen LogP) is 0.435. The van der Waals surface area contributed by atoms with Crippen molar-refractivity contribution in [3.63, 3.8) is 0 Å². The number of aliphatic hydroxyl groups excluding tert-OH is 1. The van der Waals surface area contributed by atoms with Crippen LogP contribution in [-0.4, -0.2) is 39.2 Å². The lowest BCUT2D eigenvalue weighted by Crippen LogP contribution is -2.40. The third kappa shape index (κ3) is 2.19. The molecule has 0 radical (unpaired) electrons. The number of anilines is 1. The summed E-state index contributed by atoms with van der Waals surface area (Å²) in [6.45, 7) is 0.241. The van der Waals surface area contributed by atoms with Gasteiger partial charge < -0.3 is 15.6 Å². The van der Waals surface area contributed by atoms with Crippen LogP contribution in [-0.2, 0) is 4.74 Å². The minimum absolute atomic E-state index is 0.0802. The summed E-state index contributed by atoms with van der Waals surface area (Å²) in [5.41, 5.74) is 1.99. The number of nitrogens with zero attached hydrogens (tertiary/aromatic N) is 2. The molecular formula is C10H12ClF2N3O3. The fraction of sp³-hybridized carbons (Fsp3) is 0.600. The third-order valence-corrected chi connectivity index (χ3v) is 3.39. The standard InChI is InChI=1S/C10H12ClF2N3O3/c1-10(13)5(3-17)19-8(6(10)12)16-2-4(11)7(14)15-9(16)18/h2,5-6,8,17H,3H2,1H3,(H2,14,15,18). The van der Waals surface area contributed by atoms with Gasteiger partial charge in [-0.15, -0.1) is 0 Å². The van der Waals surface area contributed by atoms with Crippen LogP contribution in [0.5, 0.6) is 0 Å². The topological polar surface area (TPSA) is 90.4 Å². The van der Waals surface area contributed by atoms with E-state index in [1.807, 2.05) is 0 Å². The number of rotatable bonds is 2. The van der Waals surface area contributed by atoms with Crippen LogP contribution in [0.1, 0.15) is 13.2 Å². The van der Waals surface area contributed by atoms with Crippen molar-refractivity contribution in [1.82, 2.24) is 9.55 Å². The Balaban J connectivity index is 2.44. The highest BCUT2D eigenvalue weighted by Gasteiger charge is 2.56. The molecule has 0 aromatic carbocycles. The maximum Gasteiger partial charge on any atom is 0.351 e. The van der Waals surface area contributed by atoms with E-state index in [2.05, 4.69) is 4.98 Å². The minimum Gasteiger partial charge on any atom is -0.394 e. The fourth-order valence-corrected chi connectivity index (χ4v) is 2.04. The molecule has 19 heavy (non-hydrogen) atoms. The van der Waals surface area contributed by atoms with Crippen molar-refractivity contribution in [2.75, 3.05) is 12.3 Å². The molecule has 0 saturated carbocycles. The van der Waals surface area contributed by atoms with E-state index in [0.29, 0.717) is 0 Å². The third-order valence-electron chi connectivity index (χ3n) is 3.10. The largest absolute Gasteiger partial charge is 0.394 e. The van der Waals surface area contributed by atoms with Gasteiger partial charge in [0.25, 0.3) is 0 Å². The second-order valence-corrected chi connectivity index (χ2v) is 4.82. The Labute approximate surface area is 111 Å². The number of hydrogen-bond donors (Lipinski definition) is 2. The second kappa shape index (κ2) is 4.69. The number of halogens is 3. The van der Waals surface area contributed by atoms with Crippen LogP contribution in [0, 0.1) is 0 Å². The first kappa shape index (κ1) is 14.2. The zero-order valence-electron chi connectivity index (χ0n) is 9.89. The molecule has 4 atom stereocenters. The molecule has 1 saturated heterocycles. The molecule has 0 aliphatic carbocycles. The average molecular weight is 296 g/mol. The Morgan fingerprint density at radius 3 is 2.89 bits per heavy atom. The van der Waals surface area contributed by atoms with E-state index in [0.717, 1.165) is 17.7 Å². The van der Waals surface area contributed by atoms with Crippen LogP contribution in [0.25, 0.3) is 0 Å². The molecule has 1 aromatic heterocycles. The smallest absolute Gasteiger partial charge is 0.351 e. The van der Waals surface area contributed by atoms with Crippen LogP contribution in [0.4, 0.5) is 14.6 Å². The van der Waals surface area contributed by atoms with Gasteiger partial charge in [-0.1, -0.05) is 11.6 Å². The first-order valence-corrected chi connectivity index (χ1v) is 5.80. The van der Waals surface area contributed by atoms with E-state index >= 15 is 0 Å². The second-order valence-electron chi connectivity index (χ2n) is 4.41. The Bertz CT molecular complexity index is 551. The van der Waals surface area contributed by atoms with Gasteiger partial charge in [0.1, 0.15) is 11.9 Å². The van der Waals surface area contributed by atoms with Gasteiger partial charge in [0.05, 0.1) is 11.6 Å². The molecule has 9 heteroatoms. The van der Waals surface area contributed by atoms with Crippen LogP contribution in [0.2, 0.25) is 5.02 Å².